The number of imidazole rings is 1. The van der Waals surface area contributed by atoms with E-state index in [0.717, 1.165) is 24.5 Å². The number of nitrogens with one attached hydrogen (secondary N) is 1. The minimum Gasteiger partial charge on any atom is -0.335 e. The van der Waals surface area contributed by atoms with Crippen LogP contribution in [0.4, 0.5) is 5.82 Å². The highest BCUT2D eigenvalue weighted by Crippen LogP contribution is 2.20. The number of pyridine rings is 1. The van der Waals surface area contributed by atoms with E-state index in [1.54, 1.807) is 6.20 Å². The first kappa shape index (κ1) is 11.9. The van der Waals surface area contributed by atoms with Gasteiger partial charge in [-0.2, -0.15) is 0 Å². The molecular formula is C14H16N4O. The number of carbonyl (C=O) groups excluding carboxylic acids is 1. The van der Waals surface area contributed by atoms with Gasteiger partial charge in [0.1, 0.15) is 11.6 Å². The Bertz CT molecular complexity index is 605. The molecule has 98 valence electrons. The van der Waals surface area contributed by atoms with Crippen molar-refractivity contribution in [1.82, 2.24) is 14.5 Å². The van der Waals surface area contributed by atoms with Crippen LogP contribution in [0.25, 0.3) is 0 Å². The second-order valence-corrected chi connectivity index (χ2v) is 4.88. The number of rotatable bonds is 2. The molecule has 2 aromatic rings. The second kappa shape index (κ2) is 4.84. The largest absolute Gasteiger partial charge is 0.335 e. The van der Waals surface area contributed by atoms with E-state index < -0.39 is 0 Å². The first-order valence-electron chi connectivity index (χ1n) is 6.47. The molecule has 1 aliphatic heterocycles. The minimum absolute atomic E-state index is 0.0165. The lowest BCUT2D eigenvalue weighted by Gasteiger charge is -2.22. The summed E-state index contributed by atoms with van der Waals surface area (Å²) < 4.78 is 2.11. The Hall–Kier alpha value is -2.17. The molecule has 1 aliphatic rings. The van der Waals surface area contributed by atoms with Gasteiger partial charge >= 0.3 is 0 Å². The van der Waals surface area contributed by atoms with Crippen molar-refractivity contribution in [3.63, 3.8) is 0 Å². The fourth-order valence-electron chi connectivity index (χ4n) is 2.42. The molecule has 0 spiro atoms. The fourth-order valence-corrected chi connectivity index (χ4v) is 2.42. The Labute approximate surface area is 111 Å². The van der Waals surface area contributed by atoms with Crippen molar-refractivity contribution in [2.24, 2.45) is 5.92 Å². The summed E-state index contributed by atoms with van der Waals surface area (Å²) in [5.74, 6) is 1.63. The quantitative estimate of drug-likeness (QED) is 0.891. The van der Waals surface area contributed by atoms with E-state index in [2.05, 4.69) is 19.9 Å². The maximum Gasteiger partial charge on any atom is 0.229 e. The van der Waals surface area contributed by atoms with E-state index >= 15 is 0 Å². The Morgan fingerprint density at radius 3 is 3.21 bits per heavy atom. The van der Waals surface area contributed by atoms with Gasteiger partial charge in [-0.15, -0.1) is 0 Å². The van der Waals surface area contributed by atoms with Gasteiger partial charge < -0.3 is 9.88 Å². The molecule has 1 atom stereocenters. The van der Waals surface area contributed by atoms with Crippen molar-refractivity contribution in [3.05, 3.63) is 42.1 Å². The Balaban J connectivity index is 1.69. The maximum atomic E-state index is 12.2. The van der Waals surface area contributed by atoms with Crippen LogP contribution in [0.5, 0.6) is 0 Å². The molecule has 0 saturated heterocycles. The van der Waals surface area contributed by atoms with Crippen LogP contribution in [0, 0.1) is 12.8 Å². The number of carbonyl (C=O) groups is 1. The summed E-state index contributed by atoms with van der Waals surface area (Å²) >= 11 is 0. The van der Waals surface area contributed by atoms with Crippen LogP contribution in [0.15, 0.2) is 30.6 Å². The molecule has 1 N–H and O–H groups in total. The lowest BCUT2D eigenvalue weighted by molar-refractivity contribution is -0.120. The van der Waals surface area contributed by atoms with Crippen LogP contribution in [-0.4, -0.2) is 20.4 Å². The van der Waals surface area contributed by atoms with Crippen LogP contribution in [-0.2, 0) is 17.8 Å². The summed E-state index contributed by atoms with van der Waals surface area (Å²) in [5, 5.41) is 2.89. The highest BCUT2D eigenvalue weighted by molar-refractivity contribution is 5.91. The Morgan fingerprint density at radius 1 is 1.47 bits per heavy atom. The number of hydrogen-bond acceptors (Lipinski definition) is 3. The molecule has 3 heterocycles. The molecule has 1 amide bonds. The summed E-state index contributed by atoms with van der Waals surface area (Å²) in [4.78, 5) is 20.8. The van der Waals surface area contributed by atoms with E-state index in [0.29, 0.717) is 12.2 Å². The monoisotopic (exact) mass is 256 g/mol. The molecule has 0 fully saturated rings. The lowest BCUT2D eigenvalue weighted by atomic mass is 9.97. The predicted octanol–water partition coefficient (Wildman–Crippen LogP) is 1.79. The molecule has 1 unspecified atom stereocenters. The van der Waals surface area contributed by atoms with E-state index in [1.807, 2.05) is 31.3 Å². The number of aryl methyl sites for hydroxylation is 2. The predicted molar refractivity (Wildman–Crippen MR) is 71.6 cm³/mol. The van der Waals surface area contributed by atoms with Gasteiger partial charge in [0.05, 0.1) is 0 Å². The average molecular weight is 256 g/mol. The zero-order chi connectivity index (χ0) is 13.2. The lowest BCUT2D eigenvalue weighted by Crippen LogP contribution is -2.30. The van der Waals surface area contributed by atoms with E-state index in [4.69, 9.17) is 0 Å². The number of fused-ring (bicyclic) bond motifs is 1. The SMILES string of the molecule is Cc1cccc(NC(=O)C2CCn3ccnc3C2)n1. The van der Waals surface area contributed by atoms with Gasteiger partial charge in [-0.1, -0.05) is 6.07 Å². The van der Waals surface area contributed by atoms with Crippen LogP contribution in [0.1, 0.15) is 17.9 Å². The highest BCUT2D eigenvalue weighted by Gasteiger charge is 2.25. The van der Waals surface area contributed by atoms with Crippen molar-refractivity contribution in [2.75, 3.05) is 5.32 Å². The molecular weight excluding hydrogens is 240 g/mol. The smallest absolute Gasteiger partial charge is 0.229 e. The molecule has 0 bridgehead atoms. The molecule has 3 rings (SSSR count). The van der Waals surface area contributed by atoms with Crippen molar-refractivity contribution in [2.45, 2.75) is 26.3 Å². The average Bonchev–Trinajstić information content (AvgIpc) is 2.85. The van der Waals surface area contributed by atoms with E-state index in [9.17, 15) is 4.79 Å². The molecule has 0 aromatic carbocycles. The van der Waals surface area contributed by atoms with Crippen LogP contribution in [0.2, 0.25) is 0 Å². The zero-order valence-electron chi connectivity index (χ0n) is 10.8. The summed E-state index contributed by atoms with van der Waals surface area (Å²) in [6.07, 6.45) is 5.30. The summed E-state index contributed by atoms with van der Waals surface area (Å²) in [5.41, 5.74) is 0.900. The second-order valence-electron chi connectivity index (χ2n) is 4.88. The van der Waals surface area contributed by atoms with Gasteiger partial charge in [-0.3, -0.25) is 4.79 Å². The van der Waals surface area contributed by atoms with Gasteiger partial charge in [0.15, 0.2) is 0 Å². The first-order valence-corrected chi connectivity index (χ1v) is 6.47. The molecule has 0 radical (unpaired) electrons. The van der Waals surface area contributed by atoms with Crippen molar-refractivity contribution < 1.29 is 4.79 Å². The Morgan fingerprint density at radius 2 is 2.37 bits per heavy atom. The van der Waals surface area contributed by atoms with Gasteiger partial charge in [0, 0.05) is 37.0 Å². The van der Waals surface area contributed by atoms with Crippen molar-refractivity contribution >= 4 is 11.7 Å². The fraction of sp³-hybridized carbons (Fsp3) is 0.357. The molecule has 5 heteroatoms. The zero-order valence-corrected chi connectivity index (χ0v) is 10.8. The number of amides is 1. The highest BCUT2D eigenvalue weighted by atomic mass is 16.1. The molecule has 5 nitrogen and oxygen atoms in total. The number of nitrogens with zero attached hydrogens (tertiary/aromatic N) is 3. The van der Waals surface area contributed by atoms with Crippen molar-refractivity contribution in [3.8, 4) is 0 Å². The Kier molecular flexibility index (Phi) is 3.03. The normalized spacial score (nSPS) is 17.8. The third-order valence-electron chi connectivity index (χ3n) is 3.46. The van der Waals surface area contributed by atoms with Gasteiger partial charge in [-0.05, 0) is 25.5 Å². The third kappa shape index (κ3) is 2.50. The molecule has 0 aliphatic carbocycles. The molecule has 2 aromatic heterocycles. The molecule has 0 saturated carbocycles. The van der Waals surface area contributed by atoms with Crippen molar-refractivity contribution in [1.29, 1.82) is 0 Å². The maximum absolute atomic E-state index is 12.2. The minimum atomic E-state index is -0.0165. The van der Waals surface area contributed by atoms with Crippen LogP contribution in [0.3, 0.4) is 0 Å². The van der Waals surface area contributed by atoms with Gasteiger partial charge in [0.25, 0.3) is 0 Å². The summed E-state index contributed by atoms with van der Waals surface area (Å²) in [6.45, 7) is 2.77. The van der Waals surface area contributed by atoms with Gasteiger partial charge in [-0.25, -0.2) is 9.97 Å². The standard InChI is InChI=1S/C14H16N4O/c1-10-3-2-4-12(16-10)17-14(19)11-5-7-18-8-6-15-13(18)9-11/h2-4,6,8,11H,5,7,9H2,1H3,(H,16,17,19). The number of anilines is 1. The van der Waals surface area contributed by atoms with E-state index in [1.165, 1.54) is 0 Å². The third-order valence-corrected chi connectivity index (χ3v) is 3.46. The first-order chi connectivity index (χ1) is 9.22. The summed E-state index contributed by atoms with van der Waals surface area (Å²) in [6, 6.07) is 5.62. The van der Waals surface area contributed by atoms with Crippen LogP contribution < -0.4 is 5.32 Å². The topological polar surface area (TPSA) is 59.8 Å². The van der Waals surface area contributed by atoms with E-state index in [-0.39, 0.29) is 11.8 Å². The summed E-state index contributed by atoms with van der Waals surface area (Å²) in [7, 11) is 0. The number of aromatic nitrogens is 3. The van der Waals surface area contributed by atoms with Crippen LogP contribution >= 0.6 is 0 Å². The molecule has 19 heavy (non-hydrogen) atoms. The number of hydrogen-bond donors (Lipinski definition) is 1. The van der Waals surface area contributed by atoms with Gasteiger partial charge in [0.2, 0.25) is 5.91 Å².